The zero-order chi connectivity index (χ0) is 13.3. The highest BCUT2D eigenvalue weighted by Gasteiger charge is 2.27. The molecular weight excluding hydrogens is 230 g/mol. The highest BCUT2D eigenvalue weighted by molar-refractivity contribution is 5.74. The Balaban J connectivity index is 2.29. The van der Waals surface area contributed by atoms with Crippen LogP contribution >= 0.6 is 0 Å². The Hall–Kier alpha value is -1.55. The molecule has 0 bridgehead atoms. The minimum Gasteiger partial charge on any atom is -0.479 e. The molecule has 2 rings (SSSR count). The van der Waals surface area contributed by atoms with Gasteiger partial charge in [-0.3, -0.25) is 0 Å². The summed E-state index contributed by atoms with van der Waals surface area (Å²) in [5.41, 5.74) is 4.77. The first-order valence-corrected chi connectivity index (χ1v) is 6.16. The minimum absolute atomic E-state index is 0.417. The van der Waals surface area contributed by atoms with Crippen LogP contribution in [0, 0.1) is 20.8 Å². The predicted octanol–water partition coefficient (Wildman–Crippen LogP) is 1.90. The first-order chi connectivity index (χ1) is 8.49. The Morgan fingerprint density at radius 1 is 1.33 bits per heavy atom. The Kier molecular flexibility index (Phi) is 3.57. The summed E-state index contributed by atoms with van der Waals surface area (Å²) in [7, 11) is 0. The number of rotatable bonds is 2. The average molecular weight is 249 g/mol. The normalized spacial score (nSPS) is 19.9. The Morgan fingerprint density at radius 3 is 2.50 bits per heavy atom. The van der Waals surface area contributed by atoms with Gasteiger partial charge in [-0.25, -0.2) is 4.79 Å². The van der Waals surface area contributed by atoms with Crippen molar-refractivity contribution in [2.24, 2.45) is 0 Å². The second-order valence-electron chi connectivity index (χ2n) is 4.89. The fraction of sp³-hybridized carbons (Fsp3) is 0.500. The summed E-state index contributed by atoms with van der Waals surface area (Å²) in [6.07, 6.45) is -0.723. The molecule has 0 radical (unpaired) electrons. The SMILES string of the molecule is Cc1cc(C)c(N2CCOC(C(=O)O)C2)c(C)c1. The number of nitrogens with zero attached hydrogens (tertiary/aromatic N) is 1. The number of ether oxygens (including phenoxy) is 1. The molecule has 4 heteroatoms. The molecule has 1 N–H and O–H groups in total. The largest absolute Gasteiger partial charge is 0.479 e. The molecule has 0 aromatic heterocycles. The molecular formula is C14H19NO3. The van der Waals surface area contributed by atoms with Gasteiger partial charge < -0.3 is 14.7 Å². The molecule has 0 amide bonds. The van der Waals surface area contributed by atoms with Crippen LogP contribution in [0.1, 0.15) is 16.7 Å². The van der Waals surface area contributed by atoms with Crippen LogP contribution in [-0.2, 0) is 9.53 Å². The highest BCUT2D eigenvalue weighted by atomic mass is 16.5. The molecule has 1 aliphatic rings. The summed E-state index contributed by atoms with van der Waals surface area (Å²) in [5.74, 6) is -0.887. The number of aliphatic carboxylic acids is 1. The molecule has 1 aromatic rings. The van der Waals surface area contributed by atoms with Crippen molar-refractivity contribution in [3.63, 3.8) is 0 Å². The third-order valence-electron chi connectivity index (χ3n) is 3.29. The molecule has 1 unspecified atom stereocenters. The topological polar surface area (TPSA) is 49.8 Å². The molecule has 98 valence electrons. The van der Waals surface area contributed by atoms with Gasteiger partial charge in [-0.2, -0.15) is 0 Å². The van der Waals surface area contributed by atoms with Gasteiger partial charge in [0.2, 0.25) is 0 Å². The first kappa shape index (κ1) is 12.9. The van der Waals surface area contributed by atoms with Crippen LogP contribution < -0.4 is 4.90 Å². The van der Waals surface area contributed by atoms with Crippen LogP contribution in [0.4, 0.5) is 5.69 Å². The number of hydrogen-bond acceptors (Lipinski definition) is 3. The van der Waals surface area contributed by atoms with Gasteiger partial charge in [0.25, 0.3) is 0 Å². The van der Waals surface area contributed by atoms with Gasteiger partial charge in [-0.05, 0) is 31.9 Å². The van der Waals surface area contributed by atoms with Gasteiger partial charge in [-0.15, -0.1) is 0 Å². The lowest BCUT2D eigenvalue weighted by molar-refractivity contribution is -0.150. The van der Waals surface area contributed by atoms with E-state index in [0.717, 1.165) is 12.2 Å². The molecule has 1 fully saturated rings. The molecule has 0 spiro atoms. The standard InChI is InChI=1S/C14H19NO3/c1-9-6-10(2)13(11(3)7-9)15-4-5-18-12(8-15)14(16)17/h6-7,12H,4-5,8H2,1-3H3,(H,16,17). The molecule has 1 saturated heterocycles. The van der Waals surface area contributed by atoms with E-state index in [0.29, 0.717) is 13.2 Å². The zero-order valence-corrected chi connectivity index (χ0v) is 11.1. The van der Waals surface area contributed by atoms with Gasteiger partial charge in [0.1, 0.15) is 0 Å². The van der Waals surface area contributed by atoms with E-state index < -0.39 is 12.1 Å². The van der Waals surface area contributed by atoms with Crippen molar-refractivity contribution in [2.75, 3.05) is 24.6 Å². The molecule has 4 nitrogen and oxygen atoms in total. The molecule has 18 heavy (non-hydrogen) atoms. The van der Waals surface area contributed by atoms with Gasteiger partial charge in [0.05, 0.1) is 13.2 Å². The maximum Gasteiger partial charge on any atom is 0.334 e. The van der Waals surface area contributed by atoms with Gasteiger partial charge in [0.15, 0.2) is 6.10 Å². The van der Waals surface area contributed by atoms with E-state index in [1.165, 1.54) is 16.7 Å². The Labute approximate surface area is 107 Å². The molecule has 1 aromatic carbocycles. The van der Waals surface area contributed by atoms with Crippen molar-refractivity contribution in [1.29, 1.82) is 0 Å². The van der Waals surface area contributed by atoms with Crippen LogP contribution in [0.3, 0.4) is 0 Å². The maximum absolute atomic E-state index is 11.0. The number of carboxylic acid groups (broad SMARTS) is 1. The van der Waals surface area contributed by atoms with Crippen molar-refractivity contribution >= 4 is 11.7 Å². The lowest BCUT2D eigenvalue weighted by Gasteiger charge is -2.34. The summed E-state index contributed by atoms with van der Waals surface area (Å²) >= 11 is 0. The number of anilines is 1. The summed E-state index contributed by atoms with van der Waals surface area (Å²) < 4.78 is 5.25. The van der Waals surface area contributed by atoms with E-state index >= 15 is 0 Å². The second-order valence-corrected chi connectivity index (χ2v) is 4.89. The number of aryl methyl sites for hydroxylation is 3. The maximum atomic E-state index is 11.0. The van der Waals surface area contributed by atoms with E-state index in [2.05, 4.69) is 37.8 Å². The van der Waals surface area contributed by atoms with E-state index in [4.69, 9.17) is 9.84 Å². The van der Waals surface area contributed by atoms with E-state index in [9.17, 15) is 4.79 Å². The first-order valence-electron chi connectivity index (χ1n) is 6.16. The monoisotopic (exact) mass is 249 g/mol. The van der Waals surface area contributed by atoms with Crippen LogP contribution in [-0.4, -0.2) is 36.9 Å². The summed E-state index contributed by atoms with van der Waals surface area (Å²) in [6, 6.07) is 4.27. The Morgan fingerprint density at radius 2 is 1.94 bits per heavy atom. The van der Waals surface area contributed by atoms with E-state index in [-0.39, 0.29) is 0 Å². The fourth-order valence-corrected chi connectivity index (χ4v) is 2.67. The molecule has 0 saturated carbocycles. The van der Waals surface area contributed by atoms with Crippen LogP contribution in [0.5, 0.6) is 0 Å². The number of carboxylic acids is 1. The molecule has 0 aliphatic carbocycles. The lowest BCUT2D eigenvalue weighted by atomic mass is 10.0. The van der Waals surface area contributed by atoms with Crippen molar-refractivity contribution in [1.82, 2.24) is 0 Å². The summed E-state index contributed by atoms with van der Waals surface area (Å²) in [6.45, 7) is 7.84. The minimum atomic E-state index is -0.887. The third-order valence-corrected chi connectivity index (χ3v) is 3.29. The number of hydrogen-bond donors (Lipinski definition) is 1. The molecule has 1 heterocycles. The van der Waals surface area contributed by atoms with Crippen molar-refractivity contribution < 1.29 is 14.6 Å². The highest BCUT2D eigenvalue weighted by Crippen LogP contribution is 2.27. The number of carbonyl (C=O) groups is 1. The van der Waals surface area contributed by atoms with E-state index in [1.807, 2.05) is 0 Å². The fourth-order valence-electron chi connectivity index (χ4n) is 2.67. The zero-order valence-electron chi connectivity index (χ0n) is 11.1. The van der Waals surface area contributed by atoms with Crippen molar-refractivity contribution in [3.8, 4) is 0 Å². The second kappa shape index (κ2) is 4.98. The van der Waals surface area contributed by atoms with Gasteiger partial charge >= 0.3 is 5.97 Å². The van der Waals surface area contributed by atoms with Crippen LogP contribution in [0.2, 0.25) is 0 Å². The summed E-state index contributed by atoms with van der Waals surface area (Å²) in [5, 5.41) is 9.03. The van der Waals surface area contributed by atoms with Crippen molar-refractivity contribution in [3.05, 3.63) is 28.8 Å². The molecule has 1 atom stereocenters. The smallest absolute Gasteiger partial charge is 0.334 e. The van der Waals surface area contributed by atoms with Gasteiger partial charge in [0, 0.05) is 12.2 Å². The lowest BCUT2D eigenvalue weighted by Crippen LogP contribution is -2.46. The quantitative estimate of drug-likeness (QED) is 0.869. The number of benzene rings is 1. The third kappa shape index (κ3) is 2.48. The average Bonchev–Trinajstić information content (AvgIpc) is 2.28. The Bertz CT molecular complexity index is 447. The van der Waals surface area contributed by atoms with E-state index in [1.54, 1.807) is 0 Å². The molecule has 1 aliphatic heterocycles. The van der Waals surface area contributed by atoms with Gasteiger partial charge in [-0.1, -0.05) is 17.7 Å². The van der Waals surface area contributed by atoms with Crippen LogP contribution in [0.25, 0.3) is 0 Å². The summed E-state index contributed by atoms with van der Waals surface area (Å²) in [4.78, 5) is 13.1. The van der Waals surface area contributed by atoms with Crippen molar-refractivity contribution in [2.45, 2.75) is 26.9 Å². The van der Waals surface area contributed by atoms with Crippen LogP contribution in [0.15, 0.2) is 12.1 Å². The predicted molar refractivity (Wildman–Crippen MR) is 70.2 cm³/mol. The number of morpholine rings is 1.